The molecule has 0 spiro atoms. The van der Waals surface area contributed by atoms with Gasteiger partial charge in [0.1, 0.15) is 17.1 Å². The first-order chi connectivity index (χ1) is 12.9. The van der Waals surface area contributed by atoms with Gasteiger partial charge in [0, 0.05) is 18.8 Å². The molecule has 0 heterocycles. The van der Waals surface area contributed by atoms with Gasteiger partial charge >= 0.3 is 11.9 Å². The van der Waals surface area contributed by atoms with Gasteiger partial charge in [0.2, 0.25) is 0 Å². The maximum Gasteiger partial charge on any atom is 0.339 e. The molecular formula is C21H26O6. The number of aliphatic carboxylic acids is 1. The molecule has 1 aromatic carbocycles. The van der Waals surface area contributed by atoms with Gasteiger partial charge < -0.3 is 15.3 Å². The van der Waals surface area contributed by atoms with Crippen LogP contribution in [0, 0.1) is 11.8 Å². The zero-order valence-electron chi connectivity index (χ0n) is 15.3. The number of benzene rings is 1. The molecular weight excluding hydrogens is 348 g/mol. The van der Waals surface area contributed by atoms with Crippen molar-refractivity contribution < 1.29 is 29.7 Å². The van der Waals surface area contributed by atoms with Crippen LogP contribution in [0.25, 0.3) is 6.08 Å². The molecule has 146 valence electrons. The predicted octanol–water partition coefficient (Wildman–Crippen LogP) is 4.12. The number of hydrogen-bond acceptors (Lipinski definition) is 4. The molecule has 27 heavy (non-hydrogen) atoms. The van der Waals surface area contributed by atoms with E-state index in [0.717, 1.165) is 32.1 Å². The van der Waals surface area contributed by atoms with Crippen LogP contribution in [0.3, 0.4) is 0 Å². The van der Waals surface area contributed by atoms with Crippen molar-refractivity contribution in [2.24, 2.45) is 11.8 Å². The first-order valence-corrected chi connectivity index (χ1v) is 9.37. The van der Waals surface area contributed by atoms with E-state index in [-0.39, 0.29) is 35.4 Å². The molecule has 2 unspecified atom stereocenters. The number of carboxylic acid groups (broad SMARTS) is 2. The molecule has 0 bridgehead atoms. The lowest BCUT2D eigenvalue weighted by Gasteiger charge is -2.15. The van der Waals surface area contributed by atoms with Crippen molar-refractivity contribution in [3.05, 3.63) is 35.4 Å². The van der Waals surface area contributed by atoms with E-state index in [2.05, 4.69) is 0 Å². The van der Waals surface area contributed by atoms with E-state index in [4.69, 9.17) is 10.2 Å². The third-order valence-corrected chi connectivity index (χ3v) is 5.10. The summed E-state index contributed by atoms with van der Waals surface area (Å²) in [6, 6.07) is 4.42. The Hall–Kier alpha value is -2.63. The minimum Gasteiger partial charge on any atom is -0.507 e. The topological polar surface area (TPSA) is 112 Å². The number of unbranched alkanes of at least 4 members (excludes halogenated alkanes) is 3. The van der Waals surface area contributed by atoms with Crippen molar-refractivity contribution in [1.82, 2.24) is 0 Å². The van der Waals surface area contributed by atoms with E-state index in [0.29, 0.717) is 18.4 Å². The highest BCUT2D eigenvalue weighted by Gasteiger charge is 2.32. The molecule has 2 atom stereocenters. The van der Waals surface area contributed by atoms with E-state index in [9.17, 15) is 19.5 Å². The Labute approximate surface area is 158 Å². The van der Waals surface area contributed by atoms with Crippen LogP contribution in [0.4, 0.5) is 0 Å². The van der Waals surface area contributed by atoms with E-state index >= 15 is 0 Å². The highest BCUT2D eigenvalue weighted by molar-refractivity contribution is 5.91. The van der Waals surface area contributed by atoms with Crippen LogP contribution in [0.5, 0.6) is 5.75 Å². The smallest absolute Gasteiger partial charge is 0.339 e. The number of aromatic hydroxyl groups is 1. The highest BCUT2D eigenvalue weighted by atomic mass is 16.4. The Morgan fingerprint density at radius 3 is 2.56 bits per heavy atom. The molecule has 1 saturated carbocycles. The predicted molar refractivity (Wildman–Crippen MR) is 101 cm³/mol. The van der Waals surface area contributed by atoms with Crippen LogP contribution in [-0.4, -0.2) is 33.0 Å². The number of carbonyl (C=O) groups excluding carboxylic acids is 1. The van der Waals surface area contributed by atoms with Gasteiger partial charge in [-0.2, -0.15) is 0 Å². The van der Waals surface area contributed by atoms with Crippen molar-refractivity contribution in [1.29, 1.82) is 0 Å². The van der Waals surface area contributed by atoms with Crippen molar-refractivity contribution in [2.75, 3.05) is 0 Å². The Balaban J connectivity index is 1.90. The summed E-state index contributed by atoms with van der Waals surface area (Å²) in [4.78, 5) is 33.8. The second-order valence-electron chi connectivity index (χ2n) is 7.06. The van der Waals surface area contributed by atoms with Crippen LogP contribution >= 0.6 is 0 Å². The summed E-state index contributed by atoms with van der Waals surface area (Å²) >= 11 is 0. The van der Waals surface area contributed by atoms with Crippen LogP contribution in [0.1, 0.15) is 67.3 Å². The van der Waals surface area contributed by atoms with Gasteiger partial charge in [-0.15, -0.1) is 0 Å². The number of Topliss-reactive ketones (excluding diaryl/α,β-unsaturated/α-hetero) is 1. The zero-order valence-corrected chi connectivity index (χ0v) is 15.3. The lowest BCUT2D eigenvalue weighted by Crippen LogP contribution is -2.13. The summed E-state index contributed by atoms with van der Waals surface area (Å²) in [7, 11) is 0. The number of aromatic carboxylic acids is 1. The molecule has 1 aromatic rings. The summed E-state index contributed by atoms with van der Waals surface area (Å²) in [6.45, 7) is 0. The minimum absolute atomic E-state index is 0.0169. The molecule has 1 fully saturated rings. The lowest BCUT2D eigenvalue weighted by atomic mass is 9.89. The Morgan fingerprint density at radius 1 is 1.11 bits per heavy atom. The Bertz CT molecular complexity index is 721. The third kappa shape index (κ3) is 6.24. The average molecular weight is 374 g/mol. The average Bonchev–Trinajstić information content (AvgIpc) is 2.96. The number of allylic oxidation sites excluding steroid dienone is 1. The van der Waals surface area contributed by atoms with Crippen LogP contribution in [-0.2, 0) is 9.59 Å². The maximum atomic E-state index is 12.2. The van der Waals surface area contributed by atoms with Crippen molar-refractivity contribution >= 4 is 23.8 Å². The van der Waals surface area contributed by atoms with Gasteiger partial charge in [-0.3, -0.25) is 9.59 Å². The Morgan fingerprint density at radius 2 is 1.85 bits per heavy atom. The van der Waals surface area contributed by atoms with Crippen molar-refractivity contribution in [2.45, 2.75) is 51.4 Å². The van der Waals surface area contributed by atoms with Crippen LogP contribution in [0.15, 0.2) is 24.3 Å². The van der Waals surface area contributed by atoms with Gasteiger partial charge in [0.05, 0.1) is 0 Å². The molecule has 6 heteroatoms. The molecule has 0 saturated heterocycles. The van der Waals surface area contributed by atoms with Gasteiger partial charge in [0.25, 0.3) is 0 Å². The van der Waals surface area contributed by atoms with Gasteiger partial charge in [-0.1, -0.05) is 37.5 Å². The van der Waals surface area contributed by atoms with Crippen LogP contribution in [0.2, 0.25) is 0 Å². The molecule has 6 nitrogen and oxygen atoms in total. The molecule has 0 aromatic heterocycles. The Kier molecular flexibility index (Phi) is 7.58. The van der Waals surface area contributed by atoms with E-state index in [1.54, 1.807) is 6.07 Å². The third-order valence-electron chi connectivity index (χ3n) is 5.10. The normalized spacial score (nSPS) is 19.6. The summed E-state index contributed by atoms with van der Waals surface area (Å²) < 4.78 is 0. The molecule has 1 aliphatic carbocycles. The lowest BCUT2D eigenvalue weighted by molar-refractivity contribution is -0.137. The molecule has 3 N–H and O–H groups in total. The van der Waals surface area contributed by atoms with Crippen molar-refractivity contribution in [3.8, 4) is 5.75 Å². The fourth-order valence-electron chi connectivity index (χ4n) is 3.60. The molecule has 0 aliphatic heterocycles. The molecule has 2 rings (SSSR count). The molecule has 0 radical (unpaired) electrons. The van der Waals surface area contributed by atoms with Gasteiger partial charge in [-0.25, -0.2) is 4.79 Å². The van der Waals surface area contributed by atoms with E-state index < -0.39 is 11.9 Å². The first-order valence-electron chi connectivity index (χ1n) is 9.37. The summed E-state index contributed by atoms with van der Waals surface area (Å²) in [6.07, 6.45) is 9.50. The van der Waals surface area contributed by atoms with Crippen LogP contribution < -0.4 is 0 Å². The fourth-order valence-corrected chi connectivity index (χ4v) is 3.60. The summed E-state index contributed by atoms with van der Waals surface area (Å²) in [5.74, 6) is -1.83. The monoisotopic (exact) mass is 374 g/mol. The number of carbonyl (C=O) groups is 3. The highest BCUT2D eigenvalue weighted by Crippen LogP contribution is 2.34. The second kappa shape index (κ2) is 9.90. The van der Waals surface area contributed by atoms with E-state index in [1.165, 1.54) is 12.1 Å². The second-order valence-corrected chi connectivity index (χ2v) is 7.06. The van der Waals surface area contributed by atoms with Gasteiger partial charge in [0.15, 0.2) is 0 Å². The van der Waals surface area contributed by atoms with Crippen molar-refractivity contribution in [3.63, 3.8) is 0 Å². The zero-order chi connectivity index (χ0) is 19.8. The molecule has 0 amide bonds. The largest absolute Gasteiger partial charge is 0.507 e. The quantitative estimate of drug-likeness (QED) is 0.531. The SMILES string of the molecule is O=C(O)CCCCCCC1C(=O)CCC1C=Cc1ccc(O)c(C(=O)O)c1. The van der Waals surface area contributed by atoms with E-state index in [1.807, 2.05) is 12.2 Å². The van der Waals surface area contributed by atoms with Gasteiger partial charge in [-0.05, 0) is 42.9 Å². The standard InChI is InChI=1S/C21H26O6/c22-18-12-10-15(16(18)5-3-1-2-4-6-20(24)25)9-7-14-8-11-19(23)17(13-14)21(26)27/h7-9,11,13,15-16,23H,1-6,10,12H2,(H,24,25)(H,26,27). The number of ketones is 1. The number of hydrogen-bond donors (Lipinski definition) is 3. The number of carboxylic acids is 2. The minimum atomic E-state index is -1.18. The maximum absolute atomic E-state index is 12.2. The summed E-state index contributed by atoms with van der Waals surface area (Å²) in [5, 5.41) is 27.3. The summed E-state index contributed by atoms with van der Waals surface area (Å²) in [5.41, 5.74) is 0.537. The number of phenols is 1. The molecule has 1 aliphatic rings. The first kappa shape index (κ1) is 20.7. The number of rotatable bonds is 10. The fraction of sp³-hybridized carbons (Fsp3) is 0.476.